The molecule has 1 aromatic carbocycles. The number of benzene rings is 1. The van der Waals surface area contributed by atoms with Crippen molar-refractivity contribution in [3.63, 3.8) is 0 Å². The fourth-order valence-electron chi connectivity index (χ4n) is 1.32. The highest BCUT2D eigenvalue weighted by atomic mass is 35.5. The smallest absolute Gasteiger partial charge is 0.0417 e. The van der Waals surface area contributed by atoms with Crippen LogP contribution in [0.15, 0.2) is 29.2 Å². The van der Waals surface area contributed by atoms with Gasteiger partial charge in [0.1, 0.15) is 0 Å². The van der Waals surface area contributed by atoms with Crippen LogP contribution in [0.25, 0.3) is 0 Å². The molecule has 0 amide bonds. The van der Waals surface area contributed by atoms with E-state index >= 15 is 0 Å². The molecule has 0 atom stereocenters. The van der Waals surface area contributed by atoms with Crippen LogP contribution in [0.5, 0.6) is 0 Å². The van der Waals surface area contributed by atoms with Gasteiger partial charge in [0.15, 0.2) is 0 Å². The molecule has 14 heavy (non-hydrogen) atoms. The van der Waals surface area contributed by atoms with E-state index in [1.54, 1.807) is 0 Å². The van der Waals surface area contributed by atoms with Crippen molar-refractivity contribution in [3.05, 3.63) is 29.3 Å². The van der Waals surface area contributed by atoms with Crippen LogP contribution in [-0.4, -0.2) is 11.5 Å². The summed E-state index contributed by atoms with van der Waals surface area (Å²) in [6, 6.07) is 8.06. The third-order valence-corrected chi connectivity index (χ3v) is 4.88. The predicted molar refractivity (Wildman–Crippen MR) is 67.7 cm³/mol. The van der Waals surface area contributed by atoms with Crippen molar-refractivity contribution in [1.82, 2.24) is 0 Å². The van der Waals surface area contributed by atoms with Gasteiger partial charge in [-0.3, -0.25) is 0 Å². The molecule has 0 saturated heterocycles. The molecule has 2 rings (SSSR count). The quantitative estimate of drug-likeness (QED) is 0.614. The molecule has 0 aromatic heterocycles. The van der Waals surface area contributed by atoms with Gasteiger partial charge in [0.25, 0.3) is 0 Å². The second kappa shape index (κ2) is 4.38. The first-order valence-electron chi connectivity index (χ1n) is 4.73. The van der Waals surface area contributed by atoms with Gasteiger partial charge in [0, 0.05) is 15.7 Å². The SMILES string of the molecule is SCC1(CSc2cccc(Cl)c2)CC1. The van der Waals surface area contributed by atoms with E-state index in [2.05, 4.69) is 18.7 Å². The van der Waals surface area contributed by atoms with Gasteiger partial charge in [0.2, 0.25) is 0 Å². The number of hydrogen-bond acceptors (Lipinski definition) is 2. The van der Waals surface area contributed by atoms with Crippen molar-refractivity contribution in [2.75, 3.05) is 11.5 Å². The minimum Gasteiger partial charge on any atom is -0.179 e. The number of thioether (sulfide) groups is 1. The van der Waals surface area contributed by atoms with Crippen LogP contribution >= 0.6 is 36.0 Å². The van der Waals surface area contributed by atoms with Crippen molar-refractivity contribution < 1.29 is 0 Å². The van der Waals surface area contributed by atoms with E-state index in [0.29, 0.717) is 5.41 Å². The Hall–Kier alpha value is 0.210. The third kappa shape index (κ3) is 2.62. The van der Waals surface area contributed by atoms with Gasteiger partial charge >= 0.3 is 0 Å². The zero-order valence-electron chi connectivity index (χ0n) is 7.87. The molecular formula is C11H13ClS2. The second-order valence-corrected chi connectivity index (χ2v) is 5.71. The Bertz CT molecular complexity index is 321. The molecule has 3 heteroatoms. The van der Waals surface area contributed by atoms with Crippen LogP contribution in [0, 0.1) is 5.41 Å². The number of halogens is 1. The summed E-state index contributed by atoms with van der Waals surface area (Å²) >= 11 is 12.2. The van der Waals surface area contributed by atoms with Crippen LogP contribution in [-0.2, 0) is 0 Å². The van der Waals surface area contributed by atoms with Crippen LogP contribution in [0.1, 0.15) is 12.8 Å². The summed E-state index contributed by atoms with van der Waals surface area (Å²) in [6.45, 7) is 0. The molecule has 1 saturated carbocycles. The first-order valence-corrected chi connectivity index (χ1v) is 6.73. The summed E-state index contributed by atoms with van der Waals surface area (Å²) in [7, 11) is 0. The maximum absolute atomic E-state index is 5.92. The first kappa shape index (κ1) is 10.7. The highest BCUT2D eigenvalue weighted by molar-refractivity contribution is 7.99. The molecule has 1 aromatic rings. The molecule has 0 nitrogen and oxygen atoms in total. The van der Waals surface area contributed by atoms with Gasteiger partial charge in [-0.1, -0.05) is 17.7 Å². The molecule has 0 spiro atoms. The Morgan fingerprint density at radius 3 is 2.79 bits per heavy atom. The number of thiol groups is 1. The van der Waals surface area contributed by atoms with Gasteiger partial charge in [-0.05, 0) is 42.2 Å². The third-order valence-electron chi connectivity index (χ3n) is 2.63. The van der Waals surface area contributed by atoms with Crippen LogP contribution in [0.4, 0.5) is 0 Å². The van der Waals surface area contributed by atoms with E-state index in [1.165, 1.54) is 23.5 Å². The summed E-state index contributed by atoms with van der Waals surface area (Å²) in [5, 5.41) is 0.825. The van der Waals surface area contributed by atoms with Crippen molar-refractivity contribution in [2.45, 2.75) is 17.7 Å². The topological polar surface area (TPSA) is 0 Å². The Balaban J connectivity index is 1.92. The Kier molecular flexibility index (Phi) is 3.35. The van der Waals surface area contributed by atoms with E-state index in [9.17, 15) is 0 Å². The molecule has 0 N–H and O–H groups in total. The van der Waals surface area contributed by atoms with Crippen molar-refractivity contribution in [1.29, 1.82) is 0 Å². The first-order chi connectivity index (χ1) is 6.74. The lowest BCUT2D eigenvalue weighted by Gasteiger charge is -2.10. The van der Waals surface area contributed by atoms with Crippen molar-refractivity contribution >= 4 is 36.0 Å². The Morgan fingerprint density at radius 2 is 2.21 bits per heavy atom. The standard InChI is InChI=1S/C11H13ClS2/c12-9-2-1-3-10(6-9)14-8-11(7-13)4-5-11/h1-3,6,13H,4-5,7-8H2. The van der Waals surface area contributed by atoms with Gasteiger partial charge in [-0.25, -0.2) is 0 Å². The van der Waals surface area contributed by atoms with Crippen molar-refractivity contribution in [3.8, 4) is 0 Å². The van der Waals surface area contributed by atoms with Crippen LogP contribution in [0.2, 0.25) is 5.02 Å². The summed E-state index contributed by atoms with van der Waals surface area (Å²) in [6.07, 6.45) is 2.67. The number of rotatable bonds is 4. The van der Waals surface area contributed by atoms with E-state index < -0.39 is 0 Å². The average Bonchev–Trinajstić information content (AvgIpc) is 2.96. The molecule has 0 heterocycles. The lowest BCUT2D eigenvalue weighted by atomic mass is 10.2. The molecule has 1 aliphatic rings. The molecule has 76 valence electrons. The molecule has 1 fully saturated rings. The van der Waals surface area contributed by atoms with E-state index in [1.807, 2.05) is 30.0 Å². The zero-order chi connectivity index (χ0) is 10.0. The predicted octanol–water partition coefficient (Wildman–Crippen LogP) is 4.14. The van der Waals surface area contributed by atoms with Gasteiger partial charge in [0.05, 0.1) is 0 Å². The average molecular weight is 245 g/mol. The van der Waals surface area contributed by atoms with Crippen LogP contribution < -0.4 is 0 Å². The Labute approximate surface area is 99.8 Å². The molecule has 0 unspecified atom stereocenters. The fourth-order valence-corrected chi connectivity index (χ4v) is 3.40. The summed E-state index contributed by atoms with van der Waals surface area (Å²) in [5.41, 5.74) is 0.524. The molecule has 0 bridgehead atoms. The van der Waals surface area contributed by atoms with E-state index in [4.69, 9.17) is 11.6 Å². The summed E-state index contributed by atoms with van der Waals surface area (Å²) in [5.74, 6) is 2.19. The second-order valence-electron chi connectivity index (χ2n) is 3.90. The number of hydrogen-bond donors (Lipinski definition) is 1. The molecule has 0 aliphatic heterocycles. The molecule has 0 radical (unpaired) electrons. The highest BCUT2D eigenvalue weighted by Crippen LogP contribution is 2.49. The van der Waals surface area contributed by atoms with E-state index in [-0.39, 0.29) is 0 Å². The van der Waals surface area contributed by atoms with Gasteiger partial charge in [-0.15, -0.1) is 11.8 Å². The molecular weight excluding hydrogens is 232 g/mol. The minimum absolute atomic E-state index is 0.524. The fraction of sp³-hybridized carbons (Fsp3) is 0.455. The monoisotopic (exact) mass is 244 g/mol. The highest BCUT2D eigenvalue weighted by Gasteiger charge is 2.40. The minimum atomic E-state index is 0.524. The summed E-state index contributed by atoms with van der Waals surface area (Å²) < 4.78 is 0. The van der Waals surface area contributed by atoms with E-state index in [0.717, 1.165) is 10.8 Å². The van der Waals surface area contributed by atoms with Gasteiger partial charge < -0.3 is 0 Å². The summed E-state index contributed by atoms with van der Waals surface area (Å²) in [4.78, 5) is 1.27. The van der Waals surface area contributed by atoms with Crippen LogP contribution in [0.3, 0.4) is 0 Å². The maximum atomic E-state index is 5.92. The molecule has 1 aliphatic carbocycles. The lowest BCUT2D eigenvalue weighted by molar-refractivity contribution is 0.683. The maximum Gasteiger partial charge on any atom is 0.0417 e. The van der Waals surface area contributed by atoms with Crippen molar-refractivity contribution in [2.24, 2.45) is 5.41 Å². The zero-order valence-corrected chi connectivity index (χ0v) is 10.3. The normalized spacial score (nSPS) is 18.1. The lowest BCUT2D eigenvalue weighted by Crippen LogP contribution is -2.05. The largest absolute Gasteiger partial charge is 0.179 e. The Morgan fingerprint density at radius 1 is 1.43 bits per heavy atom. The van der Waals surface area contributed by atoms with Gasteiger partial charge in [-0.2, -0.15) is 12.6 Å².